The summed E-state index contributed by atoms with van der Waals surface area (Å²) in [5, 5.41) is 17.0. The highest BCUT2D eigenvalue weighted by Crippen LogP contribution is 2.49. The van der Waals surface area contributed by atoms with Crippen LogP contribution in [0.25, 0.3) is 0 Å². The van der Waals surface area contributed by atoms with Gasteiger partial charge in [-0.3, -0.25) is 10.3 Å². The number of amides is 1. The zero-order valence-corrected chi connectivity index (χ0v) is 21.5. The molecule has 0 saturated heterocycles. The number of aliphatic imine (C=N–C) groups is 1. The van der Waals surface area contributed by atoms with Crippen molar-refractivity contribution in [2.45, 2.75) is 83.8 Å². The molecular formula is C24H31F2N3O4S. The average molecular weight is 496 g/mol. The molecule has 1 aromatic heterocycles. The van der Waals surface area contributed by atoms with Crippen LogP contribution in [-0.2, 0) is 15.9 Å². The van der Waals surface area contributed by atoms with Crippen LogP contribution >= 0.6 is 11.8 Å². The molecule has 2 heterocycles. The van der Waals surface area contributed by atoms with Crippen LogP contribution in [0.15, 0.2) is 21.6 Å². The predicted molar refractivity (Wildman–Crippen MR) is 127 cm³/mol. The smallest absolute Gasteiger partial charge is 0.413 e. The third-order valence-corrected chi connectivity index (χ3v) is 6.60. The van der Waals surface area contributed by atoms with Gasteiger partial charge in [-0.25, -0.2) is 13.6 Å². The molecule has 0 bridgehead atoms. The maximum atomic E-state index is 15.1. The first-order valence-corrected chi connectivity index (χ1v) is 11.8. The molecule has 7 nitrogen and oxygen atoms in total. The molecule has 2 N–H and O–H groups in total. The van der Waals surface area contributed by atoms with Crippen LogP contribution in [0.3, 0.4) is 0 Å². The Kier molecular flexibility index (Phi) is 6.89. The van der Waals surface area contributed by atoms with Crippen LogP contribution in [-0.4, -0.2) is 27.1 Å². The van der Waals surface area contributed by atoms with E-state index < -0.39 is 34.5 Å². The number of carbonyl (C=O) groups excluding carboxylic acids is 1. The highest BCUT2D eigenvalue weighted by Gasteiger charge is 2.41. The van der Waals surface area contributed by atoms with Crippen LogP contribution in [0.5, 0.6) is 0 Å². The van der Waals surface area contributed by atoms with Gasteiger partial charge in [0, 0.05) is 28.0 Å². The van der Waals surface area contributed by atoms with E-state index in [1.54, 1.807) is 41.5 Å². The second-order valence-electron chi connectivity index (χ2n) is 10.2. The Hall–Kier alpha value is -2.46. The van der Waals surface area contributed by atoms with E-state index in [9.17, 15) is 14.3 Å². The number of halogens is 2. The average Bonchev–Trinajstić information content (AvgIpc) is 2.96. The lowest BCUT2D eigenvalue weighted by atomic mass is 9.83. The number of nitrogens with zero attached hydrogens (tertiary/aromatic N) is 2. The van der Waals surface area contributed by atoms with Crippen molar-refractivity contribution in [1.29, 1.82) is 0 Å². The molecule has 34 heavy (non-hydrogen) atoms. The minimum Gasteiger partial charge on any atom is -0.444 e. The number of amidine groups is 1. The van der Waals surface area contributed by atoms with Gasteiger partial charge in [-0.05, 0) is 67.9 Å². The zero-order valence-electron chi connectivity index (χ0n) is 20.7. The SMILES string of the molecule is Cc1noc(C)c1[C@@H]1C[C@@](C)(c2cc(C(C)(C)O)c(F)cc2F)N=C(NC(=O)OC(C)(C)C)S1. The summed E-state index contributed by atoms with van der Waals surface area (Å²) in [5.41, 5.74) is -1.91. The van der Waals surface area contributed by atoms with Crippen LogP contribution in [0, 0.1) is 25.5 Å². The fraction of sp³-hybridized carbons (Fsp3) is 0.542. The number of benzene rings is 1. The summed E-state index contributed by atoms with van der Waals surface area (Å²) in [4.78, 5) is 17.1. The van der Waals surface area contributed by atoms with Crippen LogP contribution in [0.2, 0.25) is 0 Å². The molecule has 3 rings (SSSR count). The standard InChI is InChI=1S/C24H31F2N3O4S/c1-12-19(13(2)33-29-12)18-11-24(8,28-20(34-18)27-21(30)32-22(3,4)5)15-9-14(23(6,7)31)16(25)10-17(15)26/h9-10,18,31H,11H2,1-8H3,(H,27,28,30)/t18-,24-/m0/s1. The second kappa shape index (κ2) is 8.96. The molecule has 1 aromatic carbocycles. The first-order chi connectivity index (χ1) is 15.5. The van der Waals surface area contributed by atoms with Crippen LogP contribution in [0.1, 0.15) is 81.4 Å². The Balaban J connectivity index is 2.12. The van der Waals surface area contributed by atoms with Gasteiger partial charge in [0.25, 0.3) is 0 Å². The second-order valence-corrected chi connectivity index (χ2v) is 11.4. The Morgan fingerprint density at radius 2 is 1.88 bits per heavy atom. The lowest BCUT2D eigenvalue weighted by Gasteiger charge is -2.36. The largest absolute Gasteiger partial charge is 0.444 e. The topological polar surface area (TPSA) is 97.0 Å². The minimum atomic E-state index is -1.53. The first-order valence-electron chi connectivity index (χ1n) is 10.9. The molecular weight excluding hydrogens is 464 g/mol. The number of rotatable bonds is 3. The van der Waals surface area contributed by atoms with Crippen molar-refractivity contribution in [3.8, 4) is 0 Å². The van der Waals surface area contributed by atoms with E-state index in [1.165, 1.54) is 31.7 Å². The molecule has 1 aliphatic rings. The molecule has 0 spiro atoms. The maximum Gasteiger partial charge on any atom is 0.413 e. The van der Waals surface area contributed by atoms with E-state index in [4.69, 9.17) is 9.26 Å². The third kappa shape index (κ3) is 5.60. The van der Waals surface area contributed by atoms with Crippen molar-refractivity contribution in [2.24, 2.45) is 4.99 Å². The molecule has 0 fully saturated rings. The Labute approximate surface area is 202 Å². The summed E-state index contributed by atoms with van der Waals surface area (Å²) in [7, 11) is 0. The zero-order chi connectivity index (χ0) is 25.6. The van der Waals surface area contributed by atoms with E-state index in [-0.39, 0.29) is 21.5 Å². The number of hydrogen-bond acceptors (Lipinski definition) is 7. The van der Waals surface area contributed by atoms with Crippen molar-refractivity contribution in [1.82, 2.24) is 10.5 Å². The lowest BCUT2D eigenvalue weighted by molar-refractivity contribution is 0.0563. The molecule has 0 radical (unpaired) electrons. The number of carbonyl (C=O) groups is 1. The number of aromatic nitrogens is 1. The Morgan fingerprint density at radius 3 is 2.41 bits per heavy atom. The monoisotopic (exact) mass is 495 g/mol. The van der Waals surface area contributed by atoms with Crippen LogP contribution in [0.4, 0.5) is 13.6 Å². The Morgan fingerprint density at radius 1 is 1.24 bits per heavy atom. The number of aryl methyl sites for hydroxylation is 2. The summed E-state index contributed by atoms with van der Waals surface area (Å²) >= 11 is 1.28. The van der Waals surface area contributed by atoms with Gasteiger partial charge in [0.1, 0.15) is 23.0 Å². The van der Waals surface area contributed by atoms with Crippen molar-refractivity contribution >= 4 is 23.0 Å². The van der Waals surface area contributed by atoms with E-state index in [2.05, 4.69) is 15.5 Å². The van der Waals surface area contributed by atoms with Gasteiger partial charge in [-0.1, -0.05) is 16.9 Å². The van der Waals surface area contributed by atoms with Gasteiger partial charge in [-0.15, -0.1) is 0 Å². The summed E-state index contributed by atoms with van der Waals surface area (Å²) in [6, 6.07) is 2.07. The fourth-order valence-corrected chi connectivity index (χ4v) is 5.52. The number of thioether (sulfide) groups is 1. The van der Waals surface area contributed by atoms with E-state index in [0.29, 0.717) is 17.9 Å². The normalized spacial score (nSPS) is 21.3. The molecule has 0 aliphatic carbocycles. The van der Waals surface area contributed by atoms with Gasteiger partial charge < -0.3 is 14.4 Å². The number of alkyl carbamates (subject to hydrolysis) is 1. The molecule has 10 heteroatoms. The summed E-state index contributed by atoms with van der Waals surface area (Å²) in [6.45, 7) is 13.4. The van der Waals surface area contributed by atoms with Crippen molar-refractivity contribution in [3.63, 3.8) is 0 Å². The Bertz CT molecular complexity index is 1110. The van der Waals surface area contributed by atoms with E-state index in [0.717, 1.165) is 11.6 Å². The minimum absolute atomic E-state index is 0.0471. The lowest BCUT2D eigenvalue weighted by Crippen LogP contribution is -2.39. The number of hydrogen-bond donors (Lipinski definition) is 2. The van der Waals surface area contributed by atoms with Gasteiger partial charge in [-0.2, -0.15) is 0 Å². The molecule has 0 saturated carbocycles. The van der Waals surface area contributed by atoms with Gasteiger partial charge >= 0.3 is 6.09 Å². The number of nitrogens with one attached hydrogen (secondary N) is 1. The molecule has 1 amide bonds. The summed E-state index contributed by atoms with van der Waals surface area (Å²) in [6.07, 6.45) is -0.384. The van der Waals surface area contributed by atoms with Crippen molar-refractivity contribution in [3.05, 3.63) is 51.9 Å². The van der Waals surface area contributed by atoms with E-state index in [1.807, 2.05) is 0 Å². The fourth-order valence-electron chi connectivity index (χ4n) is 3.99. The molecule has 2 atom stereocenters. The molecule has 1 aliphatic heterocycles. The molecule has 2 aromatic rings. The molecule has 186 valence electrons. The highest BCUT2D eigenvalue weighted by molar-refractivity contribution is 8.14. The quantitative estimate of drug-likeness (QED) is 0.561. The van der Waals surface area contributed by atoms with E-state index >= 15 is 4.39 Å². The highest BCUT2D eigenvalue weighted by atomic mass is 32.2. The first kappa shape index (κ1) is 26.2. The van der Waals surface area contributed by atoms with Gasteiger partial charge in [0.05, 0.1) is 16.8 Å². The molecule has 0 unspecified atom stereocenters. The van der Waals surface area contributed by atoms with Crippen molar-refractivity contribution < 1.29 is 27.9 Å². The summed E-state index contributed by atoms with van der Waals surface area (Å²) in [5.74, 6) is -1.04. The van der Waals surface area contributed by atoms with Crippen molar-refractivity contribution in [2.75, 3.05) is 0 Å². The predicted octanol–water partition coefficient (Wildman–Crippen LogP) is 5.77. The number of aliphatic hydroxyl groups is 1. The number of ether oxygens (including phenoxy) is 1. The van der Waals surface area contributed by atoms with Gasteiger partial charge in [0.2, 0.25) is 0 Å². The third-order valence-electron chi connectivity index (χ3n) is 5.50. The van der Waals surface area contributed by atoms with Crippen LogP contribution < -0.4 is 5.32 Å². The maximum absolute atomic E-state index is 15.1. The van der Waals surface area contributed by atoms with Gasteiger partial charge in [0.15, 0.2) is 5.17 Å². The summed E-state index contributed by atoms with van der Waals surface area (Å²) < 4.78 is 40.3.